The predicted octanol–water partition coefficient (Wildman–Crippen LogP) is 4.12. The molecular weight excluding hydrogens is 248 g/mol. The number of hydrogen-bond acceptors (Lipinski definition) is 2. The smallest absolute Gasteiger partial charge is 0.224 e. The van der Waals surface area contributed by atoms with Crippen LogP contribution in [0.4, 0.5) is 5.69 Å². The number of nitrogens with one attached hydrogen (secondary N) is 1. The van der Waals surface area contributed by atoms with Crippen molar-refractivity contribution in [2.24, 2.45) is 0 Å². The van der Waals surface area contributed by atoms with Crippen molar-refractivity contribution >= 4 is 23.2 Å². The van der Waals surface area contributed by atoms with E-state index in [0.717, 1.165) is 25.7 Å². The Bertz CT molecular complexity index is 452. The van der Waals surface area contributed by atoms with E-state index >= 15 is 0 Å². The number of unbranched alkanes of at least 4 members (excludes halogenated alkanes) is 3. The lowest BCUT2D eigenvalue weighted by Crippen LogP contribution is -2.11. The van der Waals surface area contributed by atoms with E-state index in [-0.39, 0.29) is 5.91 Å². The zero-order valence-electron chi connectivity index (χ0n) is 10.5. The number of nitrogens with zero attached hydrogens (tertiary/aromatic N) is 1. The fourth-order valence-corrected chi connectivity index (χ4v) is 1.84. The van der Waals surface area contributed by atoms with Gasteiger partial charge in [-0.1, -0.05) is 37.8 Å². The molecule has 0 aromatic heterocycles. The van der Waals surface area contributed by atoms with Gasteiger partial charge < -0.3 is 5.32 Å². The van der Waals surface area contributed by atoms with Crippen molar-refractivity contribution in [3.05, 3.63) is 28.8 Å². The van der Waals surface area contributed by atoms with Gasteiger partial charge >= 0.3 is 0 Å². The van der Waals surface area contributed by atoms with Crippen molar-refractivity contribution in [2.75, 3.05) is 5.32 Å². The summed E-state index contributed by atoms with van der Waals surface area (Å²) in [5.74, 6) is -0.00752. The van der Waals surface area contributed by atoms with Gasteiger partial charge in [-0.25, -0.2) is 0 Å². The molecule has 0 unspecified atom stereocenters. The highest BCUT2D eigenvalue weighted by molar-refractivity contribution is 6.32. The Kier molecular flexibility index (Phi) is 6.24. The molecule has 1 aromatic rings. The maximum atomic E-state index is 11.6. The van der Waals surface area contributed by atoms with Gasteiger partial charge in [0, 0.05) is 12.1 Å². The predicted molar refractivity (Wildman–Crippen MR) is 73.6 cm³/mol. The van der Waals surface area contributed by atoms with Crippen molar-refractivity contribution in [2.45, 2.75) is 39.0 Å². The molecule has 0 atom stereocenters. The maximum absolute atomic E-state index is 11.6. The fraction of sp³-hybridized carbons (Fsp3) is 0.429. The second-order valence-corrected chi connectivity index (χ2v) is 4.57. The van der Waals surface area contributed by atoms with Gasteiger partial charge in [-0.05, 0) is 24.6 Å². The minimum atomic E-state index is -0.00752. The quantitative estimate of drug-likeness (QED) is 0.786. The topological polar surface area (TPSA) is 52.9 Å². The lowest BCUT2D eigenvalue weighted by Gasteiger charge is -2.06. The monoisotopic (exact) mass is 264 g/mol. The average molecular weight is 265 g/mol. The van der Waals surface area contributed by atoms with Crippen LogP contribution in [0, 0.1) is 11.3 Å². The van der Waals surface area contributed by atoms with Gasteiger partial charge in [-0.2, -0.15) is 5.26 Å². The Labute approximate surface area is 113 Å². The highest BCUT2D eigenvalue weighted by Gasteiger charge is 2.05. The summed E-state index contributed by atoms with van der Waals surface area (Å²) in [5, 5.41) is 11.9. The van der Waals surface area contributed by atoms with Crippen molar-refractivity contribution in [3.8, 4) is 6.07 Å². The number of amides is 1. The molecule has 0 saturated heterocycles. The molecule has 0 saturated carbocycles. The number of halogens is 1. The first kappa shape index (κ1) is 14.5. The molecule has 0 aliphatic rings. The fourth-order valence-electron chi connectivity index (χ4n) is 1.62. The first-order valence-electron chi connectivity index (χ1n) is 6.17. The molecule has 0 heterocycles. The molecule has 3 nitrogen and oxygen atoms in total. The third-order valence-corrected chi connectivity index (χ3v) is 2.94. The van der Waals surface area contributed by atoms with E-state index in [2.05, 4.69) is 12.2 Å². The van der Waals surface area contributed by atoms with E-state index in [0.29, 0.717) is 22.7 Å². The number of rotatable bonds is 6. The number of anilines is 1. The van der Waals surface area contributed by atoms with Crippen LogP contribution >= 0.6 is 11.6 Å². The van der Waals surface area contributed by atoms with Crippen LogP contribution in [0.25, 0.3) is 0 Å². The van der Waals surface area contributed by atoms with Crippen LogP contribution in [-0.4, -0.2) is 5.91 Å². The second-order valence-electron chi connectivity index (χ2n) is 4.17. The first-order valence-corrected chi connectivity index (χ1v) is 6.54. The SMILES string of the molecule is CCCCCCC(=O)Nc1ccc(C#N)c(Cl)c1. The third-order valence-electron chi connectivity index (χ3n) is 2.63. The second kappa shape index (κ2) is 7.73. The molecule has 18 heavy (non-hydrogen) atoms. The molecule has 1 amide bonds. The molecule has 1 N–H and O–H groups in total. The maximum Gasteiger partial charge on any atom is 0.224 e. The Hall–Kier alpha value is -1.53. The Balaban J connectivity index is 2.45. The van der Waals surface area contributed by atoms with Gasteiger partial charge in [0.05, 0.1) is 10.6 Å². The molecule has 0 radical (unpaired) electrons. The lowest BCUT2D eigenvalue weighted by atomic mass is 10.1. The molecular formula is C14H17ClN2O. The number of hydrogen-bond donors (Lipinski definition) is 1. The summed E-state index contributed by atoms with van der Waals surface area (Å²) in [6, 6.07) is 6.88. The zero-order chi connectivity index (χ0) is 13.4. The minimum Gasteiger partial charge on any atom is -0.326 e. The van der Waals surface area contributed by atoms with E-state index in [1.165, 1.54) is 0 Å². The van der Waals surface area contributed by atoms with Crippen LogP contribution < -0.4 is 5.32 Å². The summed E-state index contributed by atoms with van der Waals surface area (Å²) in [5.41, 5.74) is 1.05. The molecule has 0 spiro atoms. The Morgan fingerprint density at radius 2 is 2.17 bits per heavy atom. The van der Waals surface area contributed by atoms with Crippen LogP contribution in [0.5, 0.6) is 0 Å². The molecule has 1 rings (SSSR count). The number of carbonyl (C=O) groups excluding carboxylic acids is 1. The van der Waals surface area contributed by atoms with E-state index in [9.17, 15) is 4.79 Å². The largest absolute Gasteiger partial charge is 0.326 e. The average Bonchev–Trinajstić information content (AvgIpc) is 2.35. The summed E-state index contributed by atoms with van der Waals surface area (Å²) in [6.45, 7) is 2.14. The third kappa shape index (κ3) is 4.77. The van der Waals surface area contributed by atoms with Crippen LogP contribution in [0.2, 0.25) is 5.02 Å². The van der Waals surface area contributed by atoms with Crippen LogP contribution in [0.3, 0.4) is 0 Å². The highest BCUT2D eigenvalue weighted by atomic mass is 35.5. The summed E-state index contributed by atoms with van der Waals surface area (Å²) in [7, 11) is 0. The van der Waals surface area contributed by atoms with Crippen molar-refractivity contribution in [1.82, 2.24) is 0 Å². The summed E-state index contributed by atoms with van der Waals surface area (Å²) < 4.78 is 0. The van der Waals surface area contributed by atoms with E-state index in [4.69, 9.17) is 16.9 Å². The van der Waals surface area contributed by atoms with Gasteiger partial charge in [0.1, 0.15) is 6.07 Å². The van der Waals surface area contributed by atoms with Gasteiger partial charge in [0.2, 0.25) is 5.91 Å². The Morgan fingerprint density at radius 3 is 2.78 bits per heavy atom. The zero-order valence-corrected chi connectivity index (χ0v) is 11.3. The molecule has 0 aliphatic heterocycles. The standard InChI is InChI=1S/C14H17ClN2O/c1-2-3-4-5-6-14(18)17-12-8-7-11(10-16)13(15)9-12/h7-9H,2-6H2,1H3,(H,17,18). The van der Waals surface area contributed by atoms with Crippen LogP contribution in [0.15, 0.2) is 18.2 Å². The number of benzene rings is 1. The number of carbonyl (C=O) groups is 1. The van der Waals surface area contributed by atoms with Gasteiger partial charge in [-0.15, -0.1) is 0 Å². The molecule has 0 aliphatic carbocycles. The van der Waals surface area contributed by atoms with Crippen molar-refractivity contribution in [3.63, 3.8) is 0 Å². The van der Waals surface area contributed by atoms with Gasteiger partial charge in [0.15, 0.2) is 0 Å². The Morgan fingerprint density at radius 1 is 1.39 bits per heavy atom. The van der Waals surface area contributed by atoms with E-state index < -0.39 is 0 Å². The highest BCUT2D eigenvalue weighted by Crippen LogP contribution is 2.20. The summed E-state index contributed by atoms with van der Waals surface area (Å²) >= 11 is 5.88. The molecule has 1 aromatic carbocycles. The van der Waals surface area contributed by atoms with Gasteiger partial charge in [-0.3, -0.25) is 4.79 Å². The molecule has 96 valence electrons. The minimum absolute atomic E-state index is 0.00752. The summed E-state index contributed by atoms with van der Waals surface area (Å²) in [4.78, 5) is 11.6. The van der Waals surface area contributed by atoms with E-state index in [1.54, 1.807) is 18.2 Å². The molecule has 0 fully saturated rings. The summed E-state index contributed by atoms with van der Waals surface area (Å²) in [6.07, 6.45) is 4.84. The van der Waals surface area contributed by atoms with Gasteiger partial charge in [0.25, 0.3) is 0 Å². The van der Waals surface area contributed by atoms with E-state index in [1.807, 2.05) is 6.07 Å². The number of nitriles is 1. The molecule has 4 heteroatoms. The first-order chi connectivity index (χ1) is 8.67. The van der Waals surface area contributed by atoms with Crippen molar-refractivity contribution < 1.29 is 4.79 Å². The van der Waals surface area contributed by atoms with Crippen molar-refractivity contribution in [1.29, 1.82) is 5.26 Å². The van der Waals surface area contributed by atoms with Crippen LogP contribution in [0.1, 0.15) is 44.6 Å². The normalized spacial score (nSPS) is 9.83. The lowest BCUT2D eigenvalue weighted by molar-refractivity contribution is -0.116. The van der Waals surface area contributed by atoms with Crippen LogP contribution in [-0.2, 0) is 4.79 Å². The molecule has 0 bridgehead atoms.